The van der Waals surface area contributed by atoms with E-state index in [1.807, 2.05) is 11.8 Å². The third-order valence-corrected chi connectivity index (χ3v) is 8.59. The van der Waals surface area contributed by atoms with Crippen LogP contribution in [0.25, 0.3) is 0 Å². The van der Waals surface area contributed by atoms with Gasteiger partial charge in [-0.25, -0.2) is 0 Å². The molecule has 1 aliphatic heterocycles. The fraction of sp³-hybridized carbons (Fsp3) is 0.947. The predicted octanol–water partition coefficient (Wildman–Crippen LogP) is 5.53. The Hall–Kier alpha value is 0.240. The van der Waals surface area contributed by atoms with Crippen LogP contribution in [0, 0.1) is 23.7 Å². The highest BCUT2D eigenvalue weighted by Gasteiger charge is 2.43. The zero-order valence-corrected chi connectivity index (χ0v) is 15.4. The van der Waals surface area contributed by atoms with E-state index < -0.39 is 0 Å². The normalized spacial score (nSPS) is 46.1. The van der Waals surface area contributed by atoms with Gasteiger partial charge >= 0.3 is 0 Å². The second-order valence-corrected chi connectivity index (χ2v) is 10.2. The van der Waals surface area contributed by atoms with Crippen molar-refractivity contribution in [3.63, 3.8) is 0 Å². The molecular formula is C19H31NS2. The Morgan fingerprint density at radius 3 is 2.36 bits per heavy atom. The fourth-order valence-electron chi connectivity index (χ4n) is 5.52. The first-order valence-electron chi connectivity index (χ1n) is 9.78. The van der Waals surface area contributed by atoms with Crippen LogP contribution < -0.4 is 5.32 Å². The number of thioether (sulfide) groups is 1. The summed E-state index contributed by atoms with van der Waals surface area (Å²) in [5.74, 6) is 4.15. The topological polar surface area (TPSA) is 12.0 Å². The van der Waals surface area contributed by atoms with E-state index in [0.29, 0.717) is 6.04 Å². The molecule has 124 valence electrons. The van der Waals surface area contributed by atoms with Gasteiger partial charge in [0, 0.05) is 11.3 Å². The molecule has 0 aromatic carbocycles. The number of thiocarbonyl (C=S) groups is 1. The summed E-state index contributed by atoms with van der Waals surface area (Å²) >= 11 is 7.48. The molecule has 0 aromatic rings. The minimum atomic E-state index is 0.697. The molecule has 1 saturated heterocycles. The van der Waals surface area contributed by atoms with E-state index >= 15 is 0 Å². The van der Waals surface area contributed by atoms with Gasteiger partial charge in [0.2, 0.25) is 0 Å². The third kappa shape index (κ3) is 3.50. The van der Waals surface area contributed by atoms with Gasteiger partial charge in [-0.15, -0.1) is 0 Å². The van der Waals surface area contributed by atoms with Gasteiger partial charge in [-0.3, -0.25) is 0 Å². The molecule has 0 radical (unpaired) electrons. The van der Waals surface area contributed by atoms with Crippen molar-refractivity contribution in [2.75, 3.05) is 0 Å². The van der Waals surface area contributed by atoms with Crippen molar-refractivity contribution in [2.24, 2.45) is 23.7 Å². The molecule has 3 heteroatoms. The number of rotatable bonds is 1. The van der Waals surface area contributed by atoms with Crippen molar-refractivity contribution < 1.29 is 0 Å². The molecule has 0 amide bonds. The van der Waals surface area contributed by atoms with Gasteiger partial charge in [0.15, 0.2) is 0 Å². The van der Waals surface area contributed by atoms with Crippen LogP contribution in [0.4, 0.5) is 0 Å². The molecule has 3 saturated carbocycles. The van der Waals surface area contributed by atoms with Crippen LogP contribution in [0.2, 0.25) is 0 Å². The minimum absolute atomic E-state index is 0.697. The van der Waals surface area contributed by atoms with Crippen molar-refractivity contribution in [1.82, 2.24) is 5.32 Å². The Morgan fingerprint density at radius 2 is 1.50 bits per heavy atom. The SMILES string of the molecule is S=C1NC2CCCC(C3CCCCCCC4CC4CC3)C2S1. The van der Waals surface area contributed by atoms with Crippen LogP contribution in [0.3, 0.4) is 0 Å². The summed E-state index contributed by atoms with van der Waals surface area (Å²) < 4.78 is 1.08. The van der Waals surface area contributed by atoms with Gasteiger partial charge in [-0.2, -0.15) is 0 Å². The van der Waals surface area contributed by atoms with Crippen molar-refractivity contribution in [3.8, 4) is 0 Å². The van der Waals surface area contributed by atoms with E-state index in [0.717, 1.165) is 33.2 Å². The smallest absolute Gasteiger partial charge is 0.134 e. The summed E-state index contributed by atoms with van der Waals surface area (Å²) in [7, 11) is 0. The van der Waals surface area contributed by atoms with Crippen LogP contribution >= 0.6 is 24.0 Å². The first kappa shape index (κ1) is 15.7. The van der Waals surface area contributed by atoms with Gasteiger partial charge in [-0.05, 0) is 55.8 Å². The first-order chi connectivity index (χ1) is 10.8. The predicted molar refractivity (Wildman–Crippen MR) is 100 cm³/mol. The molecule has 0 spiro atoms. The van der Waals surface area contributed by atoms with Gasteiger partial charge in [-0.1, -0.05) is 68.9 Å². The lowest BCUT2D eigenvalue weighted by Gasteiger charge is -2.38. The summed E-state index contributed by atoms with van der Waals surface area (Å²) in [6.07, 6.45) is 17.9. The average Bonchev–Trinajstić information content (AvgIpc) is 3.14. The maximum atomic E-state index is 5.47. The molecule has 4 rings (SSSR count). The second-order valence-electron chi connectivity index (χ2n) is 8.30. The lowest BCUT2D eigenvalue weighted by molar-refractivity contribution is 0.205. The molecule has 0 aromatic heterocycles. The highest BCUT2D eigenvalue weighted by atomic mass is 32.2. The maximum Gasteiger partial charge on any atom is 0.134 e. The zero-order valence-electron chi connectivity index (χ0n) is 13.8. The van der Waals surface area contributed by atoms with E-state index in [4.69, 9.17) is 12.2 Å². The van der Waals surface area contributed by atoms with E-state index in [1.165, 1.54) is 70.6 Å². The molecule has 1 N–H and O–H groups in total. The maximum absolute atomic E-state index is 5.47. The lowest BCUT2D eigenvalue weighted by Crippen LogP contribution is -2.41. The molecule has 6 atom stereocenters. The largest absolute Gasteiger partial charge is 0.367 e. The number of hydrogen-bond donors (Lipinski definition) is 1. The Bertz CT molecular complexity index is 410. The number of hydrogen-bond acceptors (Lipinski definition) is 2. The summed E-state index contributed by atoms with van der Waals surface area (Å²) in [6.45, 7) is 0. The molecule has 1 heterocycles. The van der Waals surface area contributed by atoms with Gasteiger partial charge in [0.05, 0.1) is 0 Å². The Kier molecular flexibility index (Phi) is 5.02. The van der Waals surface area contributed by atoms with Crippen LogP contribution in [-0.2, 0) is 0 Å². The van der Waals surface area contributed by atoms with Gasteiger partial charge < -0.3 is 5.32 Å². The average molecular weight is 338 g/mol. The van der Waals surface area contributed by atoms with Crippen LogP contribution in [0.1, 0.15) is 77.0 Å². The van der Waals surface area contributed by atoms with Crippen LogP contribution in [-0.4, -0.2) is 15.6 Å². The number of nitrogens with one attached hydrogen (secondary N) is 1. The minimum Gasteiger partial charge on any atom is -0.367 e. The summed E-state index contributed by atoms with van der Waals surface area (Å²) in [5, 5.41) is 4.39. The quantitative estimate of drug-likeness (QED) is 0.632. The van der Waals surface area contributed by atoms with Crippen molar-refractivity contribution in [2.45, 2.75) is 88.3 Å². The summed E-state index contributed by atoms with van der Waals surface area (Å²) in [4.78, 5) is 0. The lowest BCUT2D eigenvalue weighted by atomic mass is 9.73. The second kappa shape index (κ2) is 7.01. The van der Waals surface area contributed by atoms with Crippen molar-refractivity contribution >= 4 is 28.3 Å². The van der Waals surface area contributed by atoms with Crippen molar-refractivity contribution in [1.29, 1.82) is 0 Å². The molecule has 0 bridgehead atoms. The summed E-state index contributed by atoms with van der Waals surface area (Å²) in [6, 6.07) is 0.697. The highest BCUT2D eigenvalue weighted by Crippen LogP contribution is 2.49. The fourth-order valence-corrected chi connectivity index (χ4v) is 7.37. The Morgan fingerprint density at radius 1 is 0.773 bits per heavy atom. The van der Waals surface area contributed by atoms with E-state index in [9.17, 15) is 0 Å². The summed E-state index contributed by atoms with van der Waals surface area (Å²) in [5.41, 5.74) is 0. The molecule has 6 unspecified atom stereocenters. The van der Waals surface area contributed by atoms with Gasteiger partial charge in [0.25, 0.3) is 0 Å². The van der Waals surface area contributed by atoms with Crippen LogP contribution in [0.5, 0.6) is 0 Å². The Labute approximate surface area is 145 Å². The molecular weight excluding hydrogens is 306 g/mol. The van der Waals surface area contributed by atoms with Crippen LogP contribution in [0.15, 0.2) is 0 Å². The molecule has 1 nitrogen and oxygen atoms in total. The zero-order chi connectivity index (χ0) is 14.9. The van der Waals surface area contributed by atoms with Crippen molar-refractivity contribution in [3.05, 3.63) is 0 Å². The van der Waals surface area contributed by atoms with E-state index in [-0.39, 0.29) is 0 Å². The Balaban J connectivity index is 1.42. The molecule has 4 fully saturated rings. The first-order valence-corrected chi connectivity index (χ1v) is 11.1. The highest BCUT2D eigenvalue weighted by molar-refractivity contribution is 8.23. The number of fused-ring (bicyclic) bond motifs is 2. The molecule has 22 heavy (non-hydrogen) atoms. The molecule has 4 aliphatic rings. The standard InChI is InChI=1S/C19H31NS2/c21-19-20-17-9-5-8-16(18(17)22-19)13-6-3-1-2-4-7-14-12-15(14)11-10-13/h13-18H,1-12H2,(H,20,21). The third-order valence-electron chi connectivity index (χ3n) is 6.90. The molecule has 3 aliphatic carbocycles. The van der Waals surface area contributed by atoms with E-state index in [1.54, 1.807) is 6.42 Å². The van der Waals surface area contributed by atoms with E-state index in [2.05, 4.69) is 5.32 Å². The van der Waals surface area contributed by atoms with Gasteiger partial charge in [0.1, 0.15) is 4.32 Å². The monoisotopic (exact) mass is 337 g/mol.